The second-order valence-corrected chi connectivity index (χ2v) is 3.12. The predicted octanol–water partition coefficient (Wildman–Crippen LogP) is 2.01. The minimum absolute atomic E-state index is 0.0987. The van der Waals surface area contributed by atoms with Crippen molar-refractivity contribution in [2.75, 3.05) is 6.61 Å². The Hall–Kier alpha value is -2.17. The van der Waals surface area contributed by atoms with E-state index < -0.39 is 23.3 Å². The van der Waals surface area contributed by atoms with Crippen molar-refractivity contribution in [3.05, 3.63) is 47.5 Å². The number of allylic oxidation sites excluding steroid dienone is 1. The zero-order chi connectivity index (χ0) is 12.8. The minimum Gasteiger partial charge on any atom is -0.502 e. The largest absolute Gasteiger partial charge is 0.502 e. The Morgan fingerprint density at radius 1 is 1.35 bits per heavy atom. The molecule has 0 atom stereocenters. The summed E-state index contributed by atoms with van der Waals surface area (Å²) >= 11 is 0. The van der Waals surface area contributed by atoms with E-state index >= 15 is 0 Å². The molecule has 0 saturated heterocycles. The highest BCUT2D eigenvalue weighted by atomic mass is 19.1. The van der Waals surface area contributed by atoms with Crippen LogP contribution in [0, 0.1) is 5.82 Å². The first-order valence-corrected chi connectivity index (χ1v) is 4.92. The van der Waals surface area contributed by atoms with Crippen LogP contribution in [0.2, 0.25) is 0 Å². The van der Waals surface area contributed by atoms with Gasteiger partial charge in [-0.15, -0.1) is 0 Å². The first-order chi connectivity index (χ1) is 8.04. The molecule has 0 heterocycles. The van der Waals surface area contributed by atoms with Gasteiger partial charge in [-0.1, -0.05) is 0 Å². The van der Waals surface area contributed by atoms with Gasteiger partial charge in [0.1, 0.15) is 5.82 Å². The van der Waals surface area contributed by atoms with Crippen molar-refractivity contribution in [3.63, 3.8) is 0 Å². The average molecular weight is 238 g/mol. The van der Waals surface area contributed by atoms with Gasteiger partial charge in [-0.05, 0) is 31.2 Å². The Labute approximate surface area is 97.3 Å². The molecular weight excluding hydrogens is 227 g/mol. The number of carbonyl (C=O) groups excluding carboxylic acids is 2. The Morgan fingerprint density at radius 2 is 1.94 bits per heavy atom. The van der Waals surface area contributed by atoms with E-state index in [2.05, 4.69) is 4.74 Å². The molecule has 0 amide bonds. The summed E-state index contributed by atoms with van der Waals surface area (Å²) < 4.78 is 17.1. The van der Waals surface area contributed by atoms with Crippen LogP contribution in [0.5, 0.6) is 0 Å². The SMILES string of the molecule is CCOC(=O)C(O)=CC(=O)c1ccc(F)cc1. The number of ketones is 1. The number of aliphatic hydroxyl groups excluding tert-OH is 1. The molecule has 0 aliphatic carbocycles. The van der Waals surface area contributed by atoms with Crippen molar-refractivity contribution >= 4 is 11.8 Å². The van der Waals surface area contributed by atoms with Crippen LogP contribution in [-0.2, 0) is 9.53 Å². The monoisotopic (exact) mass is 238 g/mol. The first-order valence-electron chi connectivity index (χ1n) is 4.92. The van der Waals surface area contributed by atoms with Gasteiger partial charge < -0.3 is 9.84 Å². The van der Waals surface area contributed by atoms with Crippen molar-refractivity contribution in [2.45, 2.75) is 6.92 Å². The molecule has 0 unspecified atom stereocenters. The third-order valence-electron chi connectivity index (χ3n) is 1.88. The summed E-state index contributed by atoms with van der Waals surface area (Å²) in [6, 6.07) is 4.74. The number of ether oxygens (including phenoxy) is 1. The summed E-state index contributed by atoms with van der Waals surface area (Å²) in [7, 11) is 0. The summed E-state index contributed by atoms with van der Waals surface area (Å²) in [5, 5.41) is 9.23. The molecule has 0 radical (unpaired) electrons. The lowest BCUT2D eigenvalue weighted by Crippen LogP contribution is -2.09. The molecule has 1 N–H and O–H groups in total. The van der Waals surface area contributed by atoms with Crippen LogP contribution in [0.25, 0.3) is 0 Å². The third-order valence-corrected chi connectivity index (χ3v) is 1.88. The van der Waals surface area contributed by atoms with Crippen LogP contribution in [0.1, 0.15) is 17.3 Å². The second-order valence-electron chi connectivity index (χ2n) is 3.12. The van der Waals surface area contributed by atoms with E-state index in [4.69, 9.17) is 0 Å². The molecule has 0 aliphatic rings. The van der Waals surface area contributed by atoms with Crippen molar-refractivity contribution in [2.24, 2.45) is 0 Å². The van der Waals surface area contributed by atoms with Crippen LogP contribution in [-0.4, -0.2) is 23.5 Å². The fourth-order valence-corrected chi connectivity index (χ4v) is 1.09. The van der Waals surface area contributed by atoms with Gasteiger partial charge in [0.05, 0.1) is 6.61 Å². The lowest BCUT2D eigenvalue weighted by atomic mass is 10.1. The zero-order valence-corrected chi connectivity index (χ0v) is 9.14. The Balaban J connectivity index is 2.81. The van der Waals surface area contributed by atoms with Crippen molar-refractivity contribution in [3.8, 4) is 0 Å². The zero-order valence-electron chi connectivity index (χ0n) is 9.14. The quantitative estimate of drug-likeness (QED) is 0.377. The number of esters is 1. The molecule has 0 saturated carbocycles. The topological polar surface area (TPSA) is 63.6 Å². The van der Waals surface area contributed by atoms with E-state index in [0.29, 0.717) is 0 Å². The third kappa shape index (κ3) is 3.71. The summed E-state index contributed by atoms with van der Waals surface area (Å²) in [6.07, 6.45) is 0.741. The fraction of sp³-hybridized carbons (Fsp3) is 0.167. The van der Waals surface area contributed by atoms with Crippen LogP contribution < -0.4 is 0 Å². The van der Waals surface area contributed by atoms with Crippen molar-refractivity contribution < 1.29 is 23.8 Å². The van der Waals surface area contributed by atoms with E-state index in [0.717, 1.165) is 18.2 Å². The Kier molecular flexibility index (Phi) is 4.39. The normalized spacial score (nSPS) is 11.1. The highest BCUT2D eigenvalue weighted by Crippen LogP contribution is 2.06. The first kappa shape index (κ1) is 12.9. The molecular formula is C12H11FO4. The summed E-state index contributed by atoms with van der Waals surface area (Å²) in [6.45, 7) is 1.68. The van der Waals surface area contributed by atoms with Gasteiger partial charge in [-0.2, -0.15) is 0 Å². The van der Waals surface area contributed by atoms with Crippen molar-refractivity contribution in [1.29, 1.82) is 0 Å². The van der Waals surface area contributed by atoms with Gasteiger partial charge in [0.25, 0.3) is 0 Å². The standard InChI is InChI=1S/C12H11FO4/c1-2-17-12(16)11(15)7-10(14)8-3-5-9(13)6-4-8/h3-7,15H,2H2,1H3. The number of halogens is 1. The molecule has 0 fully saturated rings. The number of rotatable bonds is 4. The molecule has 4 nitrogen and oxygen atoms in total. The number of aliphatic hydroxyl groups is 1. The van der Waals surface area contributed by atoms with E-state index in [9.17, 15) is 19.1 Å². The molecule has 5 heteroatoms. The van der Waals surface area contributed by atoms with E-state index in [1.165, 1.54) is 12.1 Å². The molecule has 0 bridgehead atoms. The molecule has 17 heavy (non-hydrogen) atoms. The van der Waals surface area contributed by atoms with Crippen LogP contribution in [0.15, 0.2) is 36.1 Å². The van der Waals surface area contributed by atoms with Crippen LogP contribution in [0.4, 0.5) is 4.39 Å². The van der Waals surface area contributed by atoms with Crippen LogP contribution >= 0.6 is 0 Å². The number of carbonyl (C=O) groups is 2. The maximum atomic E-state index is 12.6. The van der Waals surface area contributed by atoms with Gasteiger partial charge in [0.2, 0.25) is 5.76 Å². The van der Waals surface area contributed by atoms with Gasteiger partial charge in [0.15, 0.2) is 5.78 Å². The van der Waals surface area contributed by atoms with Crippen LogP contribution in [0.3, 0.4) is 0 Å². The van der Waals surface area contributed by atoms with E-state index in [-0.39, 0.29) is 12.2 Å². The lowest BCUT2D eigenvalue weighted by Gasteiger charge is -2.00. The van der Waals surface area contributed by atoms with E-state index in [1.54, 1.807) is 6.92 Å². The second kappa shape index (κ2) is 5.79. The molecule has 0 spiro atoms. The lowest BCUT2D eigenvalue weighted by molar-refractivity contribution is -0.141. The highest BCUT2D eigenvalue weighted by Gasteiger charge is 2.11. The van der Waals surface area contributed by atoms with Crippen molar-refractivity contribution in [1.82, 2.24) is 0 Å². The Morgan fingerprint density at radius 3 is 2.47 bits per heavy atom. The van der Waals surface area contributed by atoms with Gasteiger partial charge in [-0.25, -0.2) is 9.18 Å². The highest BCUT2D eigenvalue weighted by molar-refractivity contribution is 6.07. The molecule has 1 aromatic rings. The summed E-state index contributed by atoms with van der Waals surface area (Å²) in [4.78, 5) is 22.5. The maximum Gasteiger partial charge on any atom is 0.373 e. The predicted molar refractivity (Wildman–Crippen MR) is 58.1 cm³/mol. The van der Waals surface area contributed by atoms with Gasteiger partial charge >= 0.3 is 5.97 Å². The molecule has 0 aliphatic heterocycles. The van der Waals surface area contributed by atoms with Gasteiger partial charge in [-0.3, -0.25) is 4.79 Å². The summed E-state index contributed by atoms with van der Waals surface area (Å²) in [5.41, 5.74) is 0.169. The maximum absolute atomic E-state index is 12.6. The molecule has 0 aromatic heterocycles. The summed E-state index contributed by atoms with van der Waals surface area (Å²) in [5.74, 6) is -2.82. The van der Waals surface area contributed by atoms with E-state index in [1.807, 2.05) is 0 Å². The average Bonchev–Trinajstić information content (AvgIpc) is 2.30. The minimum atomic E-state index is -0.969. The smallest absolute Gasteiger partial charge is 0.373 e. The number of hydrogen-bond donors (Lipinski definition) is 1. The number of hydrogen-bond acceptors (Lipinski definition) is 4. The molecule has 90 valence electrons. The number of benzene rings is 1. The molecule has 1 rings (SSSR count). The fourth-order valence-electron chi connectivity index (χ4n) is 1.09. The van der Waals surface area contributed by atoms with Gasteiger partial charge in [0, 0.05) is 11.6 Å². The Bertz CT molecular complexity index is 448. The molecule has 1 aromatic carbocycles.